The SMILES string of the molecule is Cc1cccn2c(CNC(C)Cn3cncn3)cnc12. The number of nitrogens with one attached hydrogen (secondary N) is 1. The fourth-order valence-corrected chi connectivity index (χ4v) is 2.28. The van der Waals surface area contributed by atoms with Crippen LogP contribution in [-0.4, -0.2) is 30.2 Å². The van der Waals surface area contributed by atoms with Crippen molar-refractivity contribution in [3.63, 3.8) is 0 Å². The highest BCUT2D eigenvalue weighted by atomic mass is 15.3. The summed E-state index contributed by atoms with van der Waals surface area (Å²) in [6.07, 6.45) is 7.27. The number of nitrogens with zero attached hydrogens (tertiary/aromatic N) is 5. The Labute approximate surface area is 117 Å². The van der Waals surface area contributed by atoms with Gasteiger partial charge in [0.05, 0.1) is 18.4 Å². The molecule has 0 aliphatic rings. The van der Waals surface area contributed by atoms with E-state index in [4.69, 9.17) is 0 Å². The molecular weight excluding hydrogens is 252 g/mol. The average molecular weight is 270 g/mol. The molecule has 104 valence electrons. The molecule has 0 aromatic carbocycles. The third-order valence-electron chi connectivity index (χ3n) is 3.37. The van der Waals surface area contributed by atoms with E-state index in [2.05, 4.69) is 50.9 Å². The maximum Gasteiger partial charge on any atom is 0.139 e. The van der Waals surface area contributed by atoms with E-state index in [0.717, 1.165) is 24.4 Å². The van der Waals surface area contributed by atoms with Crippen LogP contribution in [0.5, 0.6) is 0 Å². The Kier molecular flexibility index (Phi) is 3.47. The summed E-state index contributed by atoms with van der Waals surface area (Å²) >= 11 is 0. The minimum atomic E-state index is 0.312. The Morgan fingerprint density at radius 2 is 2.30 bits per heavy atom. The zero-order valence-corrected chi connectivity index (χ0v) is 11.7. The van der Waals surface area contributed by atoms with Gasteiger partial charge in [0.1, 0.15) is 18.3 Å². The molecule has 6 heteroatoms. The predicted molar refractivity (Wildman–Crippen MR) is 76.3 cm³/mol. The standard InChI is InChI=1S/C14H18N6/c1-11-4-3-5-20-13(7-17-14(11)20)6-16-12(2)8-19-10-15-9-18-19/h3-5,7,9-10,12,16H,6,8H2,1-2H3. The van der Waals surface area contributed by atoms with Crippen LogP contribution in [0.4, 0.5) is 0 Å². The largest absolute Gasteiger partial charge is 0.307 e. The van der Waals surface area contributed by atoms with Crippen molar-refractivity contribution in [2.45, 2.75) is 33.0 Å². The molecule has 0 amide bonds. The quantitative estimate of drug-likeness (QED) is 0.761. The van der Waals surface area contributed by atoms with Gasteiger partial charge in [0.2, 0.25) is 0 Å². The fourth-order valence-electron chi connectivity index (χ4n) is 2.28. The van der Waals surface area contributed by atoms with E-state index in [1.54, 1.807) is 12.7 Å². The summed E-state index contributed by atoms with van der Waals surface area (Å²) < 4.78 is 3.96. The normalized spacial score (nSPS) is 12.9. The zero-order valence-electron chi connectivity index (χ0n) is 11.7. The molecular formula is C14H18N6. The molecule has 0 radical (unpaired) electrons. The molecule has 0 spiro atoms. The summed E-state index contributed by atoms with van der Waals surface area (Å²) in [5.74, 6) is 0. The Morgan fingerprint density at radius 1 is 1.40 bits per heavy atom. The van der Waals surface area contributed by atoms with E-state index in [0.29, 0.717) is 6.04 Å². The number of fused-ring (bicyclic) bond motifs is 1. The Balaban J connectivity index is 1.66. The van der Waals surface area contributed by atoms with Crippen LogP contribution in [-0.2, 0) is 13.1 Å². The highest BCUT2D eigenvalue weighted by molar-refractivity contribution is 5.48. The molecule has 0 saturated carbocycles. The van der Waals surface area contributed by atoms with Crippen LogP contribution < -0.4 is 5.32 Å². The molecule has 1 N–H and O–H groups in total. The van der Waals surface area contributed by atoms with Gasteiger partial charge in [0.25, 0.3) is 0 Å². The van der Waals surface area contributed by atoms with Crippen molar-refractivity contribution in [2.75, 3.05) is 0 Å². The molecule has 1 unspecified atom stereocenters. The van der Waals surface area contributed by atoms with Crippen LogP contribution >= 0.6 is 0 Å². The van der Waals surface area contributed by atoms with Gasteiger partial charge in [-0.25, -0.2) is 9.97 Å². The molecule has 0 bridgehead atoms. The van der Waals surface area contributed by atoms with Crippen LogP contribution in [0.1, 0.15) is 18.2 Å². The first-order chi connectivity index (χ1) is 9.74. The van der Waals surface area contributed by atoms with Crippen molar-refractivity contribution in [1.82, 2.24) is 29.5 Å². The topological polar surface area (TPSA) is 60.0 Å². The maximum absolute atomic E-state index is 4.47. The number of aromatic nitrogens is 5. The second-order valence-corrected chi connectivity index (χ2v) is 5.03. The molecule has 6 nitrogen and oxygen atoms in total. The van der Waals surface area contributed by atoms with Crippen LogP contribution in [0, 0.1) is 6.92 Å². The smallest absolute Gasteiger partial charge is 0.139 e. The van der Waals surface area contributed by atoms with Gasteiger partial charge in [-0.05, 0) is 25.5 Å². The van der Waals surface area contributed by atoms with E-state index in [9.17, 15) is 0 Å². The van der Waals surface area contributed by atoms with Crippen LogP contribution in [0.25, 0.3) is 5.65 Å². The highest BCUT2D eigenvalue weighted by Crippen LogP contribution is 2.10. The number of rotatable bonds is 5. The third kappa shape index (κ3) is 2.55. The molecule has 0 saturated heterocycles. The summed E-state index contributed by atoms with van der Waals surface area (Å²) in [6, 6.07) is 4.44. The van der Waals surface area contributed by atoms with Crippen molar-refractivity contribution in [2.24, 2.45) is 0 Å². The number of aryl methyl sites for hydroxylation is 1. The number of hydrogen-bond acceptors (Lipinski definition) is 4. The van der Waals surface area contributed by atoms with Crippen molar-refractivity contribution in [3.8, 4) is 0 Å². The number of pyridine rings is 1. The molecule has 1 atom stereocenters. The summed E-state index contributed by atoms with van der Waals surface area (Å²) in [7, 11) is 0. The average Bonchev–Trinajstić information content (AvgIpc) is 3.06. The van der Waals surface area contributed by atoms with Gasteiger partial charge in [-0.2, -0.15) is 5.10 Å². The second-order valence-electron chi connectivity index (χ2n) is 5.03. The molecule has 0 fully saturated rings. The Hall–Kier alpha value is -2.21. The fraction of sp³-hybridized carbons (Fsp3) is 0.357. The van der Waals surface area contributed by atoms with Crippen LogP contribution in [0.15, 0.2) is 37.2 Å². The Bertz CT molecular complexity index is 685. The van der Waals surface area contributed by atoms with E-state index < -0.39 is 0 Å². The first-order valence-electron chi connectivity index (χ1n) is 6.71. The lowest BCUT2D eigenvalue weighted by atomic mass is 10.3. The molecule has 3 aromatic heterocycles. The minimum absolute atomic E-state index is 0.312. The first-order valence-corrected chi connectivity index (χ1v) is 6.71. The van der Waals surface area contributed by atoms with E-state index >= 15 is 0 Å². The molecule has 0 aliphatic carbocycles. The number of hydrogen-bond donors (Lipinski definition) is 1. The lowest BCUT2D eigenvalue weighted by molar-refractivity contribution is 0.447. The minimum Gasteiger partial charge on any atom is -0.307 e. The monoisotopic (exact) mass is 270 g/mol. The third-order valence-corrected chi connectivity index (χ3v) is 3.37. The van der Waals surface area contributed by atoms with Crippen molar-refractivity contribution < 1.29 is 0 Å². The van der Waals surface area contributed by atoms with Gasteiger partial charge < -0.3 is 9.72 Å². The predicted octanol–water partition coefficient (Wildman–Crippen LogP) is 1.41. The first kappa shape index (κ1) is 12.8. The van der Waals surface area contributed by atoms with Gasteiger partial charge in [0.15, 0.2) is 0 Å². The molecule has 0 aliphatic heterocycles. The van der Waals surface area contributed by atoms with E-state index in [1.807, 2.05) is 16.9 Å². The van der Waals surface area contributed by atoms with E-state index in [-0.39, 0.29) is 0 Å². The summed E-state index contributed by atoms with van der Waals surface area (Å²) in [5, 5.41) is 7.60. The highest BCUT2D eigenvalue weighted by Gasteiger charge is 2.07. The number of imidazole rings is 1. The van der Waals surface area contributed by atoms with Gasteiger partial charge in [-0.15, -0.1) is 0 Å². The van der Waals surface area contributed by atoms with Crippen molar-refractivity contribution in [3.05, 3.63) is 48.4 Å². The molecule has 20 heavy (non-hydrogen) atoms. The van der Waals surface area contributed by atoms with Gasteiger partial charge in [0, 0.05) is 18.8 Å². The van der Waals surface area contributed by atoms with Crippen LogP contribution in [0.3, 0.4) is 0 Å². The second kappa shape index (κ2) is 5.42. The van der Waals surface area contributed by atoms with Gasteiger partial charge >= 0.3 is 0 Å². The maximum atomic E-state index is 4.47. The summed E-state index contributed by atoms with van der Waals surface area (Å²) in [5.41, 5.74) is 3.37. The van der Waals surface area contributed by atoms with Crippen molar-refractivity contribution >= 4 is 5.65 Å². The zero-order chi connectivity index (χ0) is 13.9. The molecule has 3 aromatic rings. The van der Waals surface area contributed by atoms with E-state index in [1.165, 1.54) is 5.56 Å². The van der Waals surface area contributed by atoms with Crippen LogP contribution in [0.2, 0.25) is 0 Å². The summed E-state index contributed by atoms with van der Waals surface area (Å²) in [4.78, 5) is 8.41. The van der Waals surface area contributed by atoms with Gasteiger partial charge in [-0.3, -0.25) is 4.68 Å². The molecule has 3 heterocycles. The Morgan fingerprint density at radius 3 is 3.10 bits per heavy atom. The van der Waals surface area contributed by atoms with Gasteiger partial charge in [-0.1, -0.05) is 6.07 Å². The molecule has 3 rings (SSSR count). The lowest BCUT2D eigenvalue weighted by Gasteiger charge is -2.13. The lowest BCUT2D eigenvalue weighted by Crippen LogP contribution is -2.30. The summed E-state index contributed by atoms with van der Waals surface area (Å²) in [6.45, 7) is 5.79. The van der Waals surface area contributed by atoms with Crippen molar-refractivity contribution in [1.29, 1.82) is 0 Å².